The van der Waals surface area contributed by atoms with Crippen LogP contribution in [0.15, 0.2) is 0 Å². The van der Waals surface area contributed by atoms with Crippen molar-refractivity contribution in [3.05, 3.63) is 0 Å². The second kappa shape index (κ2) is 4.16. The Morgan fingerprint density at radius 2 is 1.94 bits per heavy atom. The van der Waals surface area contributed by atoms with Crippen LogP contribution in [0.1, 0.15) is 46.5 Å². The maximum atomic E-state index is 12.2. The molecule has 98 valence electrons. The van der Waals surface area contributed by atoms with Gasteiger partial charge in [-0.1, -0.05) is 0 Å². The summed E-state index contributed by atoms with van der Waals surface area (Å²) in [6.07, 6.45) is 4.09. The summed E-state index contributed by atoms with van der Waals surface area (Å²) in [6, 6.07) is 0.361. The van der Waals surface area contributed by atoms with Gasteiger partial charge in [-0.3, -0.25) is 4.90 Å². The third-order valence-electron chi connectivity index (χ3n) is 3.77. The highest BCUT2D eigenvalue weighted by molar-refractivity contribution is 5.71. The fourth-order valence-corrected chi connectivity index (χ4v) is 3.16. The van der Waals surface area contributed by atoms with Crippen molar-refractivity contribution in [3.63, 3.8) is 0 Å². The fraction of sp³-hybridized carbons (Fsp3) is 0.923. The number of carbonyl (C=O) groups excluding carboxylic acids is 1. The van der Waals surface area contributed by atoms with Gasteiger partial charge in [0.05, 0.1) is 12.1 Å². The van der Waals surface area contributed by atoms with Gasteiger partial charge in [-0.2, -0.15) is 0 Å². The van der Waals surface area contributed by atoms with E-state index in [0.717, 1.165) is 25.7 Å². The predicted octanol–water partition coefficient (Wildman–Crippen LogP) is 2.56. The number of amides is 1. The predicted molar refractivity (Wildman–Crippen MR) is 64.9 cm³/mol. The van der Waals surface area contributed by atoms with Gasteiger partial charge in [-0.25, -0.2) is 4.79 Å². The van der Waals surface area contributed by atoms with Gasteiger partial charge >= 0.3 is 6.09 Å². The molecule has 2 heterocycles. The minimum absolute atomic E-state index is 0.0955. The van der Waals surface area contributed by atoms with E-state index >= 15 is 0 Å². The fourth-order valence-electron chi connectivity index (χ4n) is 3.16. The van der Waals surface area contributed by atoms with Crippen molar-refractivity contribution in [2.75, 3.05) is 13.7 Å². The van der Waals surface area contributed by atoms with E-state index in [1.807, 2.05) is 25.7 Å². The third kappa shape index (κ3) is 2.28. The standard InChI is InChI=1S/C13H23NO3/c1-12(2,3)17-11(15)14-10-5-7-13(14,8-6-10)9-16-4/h10H,5-9H2,1-4H3. The molecule has 0 unspecified atom stereocenters. The van der Waals surface area contributed by atoms with Crippen LogP contribution in [0.4, 0.5) is 4.79 Å². The Hall–Kier alpha value is -0.770. The third-order valence-corrected chi connectivity index (χ3v) is 3.77. The van der Waals surface area contributed by atoms with Crippen molar-refractivity contribution in [2.24, 2.45) is 0 Å². The van der Waals surface area contributed by atoms with Crippen molar-refractivity contribution in [1.82, 2.24) is 4.90 Å². The van der Waals surface area contributed by atoms with Crippen LogP contribution >= 0.6 is 0 Å². The van der Waals surface area contributed by atoms with E-state index in [4.69, 9.17) is 9.47 Å². The molecular formula is C13H23NO3. The highest BCUT2D eigenvalue weighted by atomic mass is 16.6. The van der Waals surface area contributed by atoms with Gasteiger partial charge in [-0.05, 0) is 46.5 Å². The van der Waals surface area contributed by atoms with E-state index in [-0.39, 0.29) is 11.6 Å². The zero-order chi connectivity index (χ0) is 12.7. The van der Waals surface area contributed by atoms with E-state index < -0.39 is 5.60 Å². The Morgan fingerprint density at radius 3 is 2.41 bits per heavy atom. The summed E-state index contributed by atoms with van der Waals surface area (Å²) in [5.41, 5.74) is -0.519. The molecule has 4 heteroatoms. The Bertz CT molecular complexity index is 300. The van der Waals surface area contributed by atoms with Gasteiger partial charge in [0.2, 0.25) is 0 Å². The minimum Gasteiger partial charge on any atom is -0.444 e. The van der Waals surface area contributed by atoms with Crippen LogP contribution in [-0.4, -0.2) is 41.9 Å². The molecule has 1 amide bonds. The average molecular weight is 241 g/mol. The first-order chi connectivity index (χ1) is 7.88. The van der Waals surface area contributed by atoms with Crippen LogP contribution in [0.3, 0.4) is 0 Å². The molecular weight excluding hydrogens is 218 g/mol. The molecule has 0 aromatic rings. The Balaban J connectivity index is 2.12. The summed E-state index contributed by atoms with van der Waals surface area (Å²) in [6.45, 7) is 6.35. The molecule has 0 N–H and O–H groups in total. The first kappa shape index (κ1) is 12.7. The van der Waals surface area contributed by atoms with E-state index in [0.29, 0.717) is 12.6 Å². The van der Waals surface area contributed by atoms with Crippen molar-refractivity contribution in [2.45, 2.75) is 63.6 Å². The molecule has 0 spiro atoms. The Kier molecular flexibility index (Phi) is 3.10. The molecule has 0 atom stereocenters. The van der Waals surface area contributed by atoms with Crippen LogP contribution < -0.4 is 0 Å². The van der Waals surface area contributed by atoms with Crippen molar-refractivity contribution < 1.29 is 14.3 Å². The van der Waals surface area contributed by atoms with Crippen molar-refractivity contribution >= 4 is 6.09 Å². The number of methoxy groups -OCH3 is 1. The van der Waals surface area contributed by atoms with Crippen molar-refractivity contribution in [3.8, 4) is 0 Å². The molecule has 2 aliphatic heterocycles. The lowest BCUT2D eigenvalue weighted by atomic mass is 9.88. The first-order valence-electron chi connectivity index (χ1n) is 6.39. The smallest absolute Gasteiger partial charge is 0.411 e. The van der Waals surface area contributed by atoms with Crippen LogP contribution in [-0.2, 0) is 9.47 Å². The van der Waals surface area contributed by atoms with Crippen LogP contribution in [0.25, 0.3) is 0 Å². The Morgan fingerprint density at radius 1 is 1.35 bits per heavy atom. The number of rotatable bonds is 2. The normalized spacial score (nSPS) is 32.0. The summed E-state index contributed by atoms with van der Waals surface area (Å²) >= 11 is 0. The topological polar surface area (TPSA) is 38.8 Å². The number of carbonyl (C=O) groups is 1. The summed E-state index contributed by atoms with van der Waals surface area (Å²) in [4.78, 5) is 14.2. The molecule has 2 rings (SSSR count). The van der Waals surface area contributed by atoms with Gasteiger partial charge in [0, 0.05) is 13.2 Å². The molecule has 0 saturated carbocycles. The van der Waals surface area contributed by atoms with Gasteiger partial charge < -0.3 is 9.47 Å². The van der Waals surface area contributed by atoms with Gasteiger partial charge in [0.25, 0.3) is 0 Å². The zero-order valence-electron chi connectivity index (χ0n) is 11.3. The number of hydrogen-bond acceptors (Lipinski definition) is 3. The summed E-state index contributed by atoms with van der Waals surface area (Å²) in [5.74, 6) is 0. The van der Waals surface area contributed by atoms with Crippen LogP contribution in [0.5, 0.6) is 0 Å². The first-order valence-corrected chi connectivity index (χ1v) is 6.39. The van der Waals surface area contributed by atoms with Gasteiger partial charge in [0.15, 0.2) is 0 Å². The minimum atomic E-state index is -0.423. The SMILES string of the molecule is COCC12CCC(CC1)N2C(=O)OC(C)(C)C. The molecule has 4 nitrogen and oxygen atoms in total. The van der Waals surface area contributed by atoms with Crippen molar-refractivity contribution in [1.29, 1.82) is 0 Å². The number of hydrogen-bond donors (Lipinski definition) is 0. The molecule has 0 aromatic heterocycles. The summed E-state index contributed by atoms with van der Waals surface area (Å²) in [5, 5.41) is 0. The molecule has 2 saturated heterocycles. The molecule has 0 aliphatic carbocycles. The lowest BCUT2D eigenvalue weighted by Gasteiger charge is -2.35. The van der Waals surface area contributed by atoms with E-state index in [1.54, 1.807) is 7.11 Å². The quantitative estimate of drug-likeness (QED) is 0.746. The average Bonchev–Trinajstić information content (AvgIpc) is 2.69. The van der Waals surface area contributed by atoms with Crippen LogP contribution in [0.2, 0.25) is 0 Å². The van der Waals surface area contributed by atoms with E-state index in [9.17, 15) is 4.79 Å². The monoisotopic (exact) mass is 241 g/mol. The second-order valence-corrected chi connectivity index (χ2v) is 6.24. The molecule has 0 aromatic carbocycles. The maximum Gasteiger partial charge on any atom is 0.411 e. The maximum absolute atomic E-state index is 12.2. The number of ether oxygens (including phenoxy) is 2. The number of nitrogens with zero attached hydrogens (tertiary/aromatic N) is 1. The lowest BCUT2D eigenvalue weighted by Crippen LogP contribution is -2.49. The molecule has 2 bridgehead atoms. The molecule has 2 fully saturated rings. The summed E-state index contributed by atoms with van der Waals surface area (Å²) in [7, 11) is 1.70. The summed E-state index contributed by atoms with van der Waals surface area (Å²) < 4.78 is 10.8. The molecule has 2 aliphatic rings. The number of fused-ring (bicyclic) bond motifs is 2. The lowest BCUT2D eigenvalue weighted by molar-refractivity contribution is -0.00621. The molecule has 17 heavy (non-hydrogen) atoms. The van der Waals surface area contributed by atoms with E-state index in [1.165, 1.54) is 0 Å². The second-order valence-electron chi connectivity index (χ2n) is 6.24. The Labute approximate surface area is 103 Å². The van der Waals surface area contributed by atoms with Gasteiger partial charge in [0.1, 0.15) is 5.60 Å². The van der Waals surface area contributed by atoms with E-state index in [2.05, 4.69) is 0 Å². The highest BCUT2D eigenvalue weighted by Crippen LogP contribution is 2.47. The van der Waals surface area contributed by atoms with Gasteiger partial charge in [-0.15, -0.1) is 0 Å². The largest absolute Gasteiger partial charge is 0.444 e. The zero-order valence-corrected chi connectivity index (χ0v) is 11.3. The highest BCUT2D eigenvalue weighted by Gasteiger charge is 2.55. The molecule has 0 radical (unpaired) electrons. The van der Waals surface area contributed by atoms with Crippen LogP contribution in [0, 0.1) is 0 Å².